The molecule has 1 atom stereocenters. The summed E-state index contributed by atoms with van der Waals surface area (Å²) in [5, 5.41) is 0. The summed E-state index contributed by atoms with van der Waals surface area (Å²) in [6.45, 7) is 13.8. The molecule has 0 aromatic rings. The van der Waals surface area contributed by atoms with Crippen molar-refractivity contribution in [3.05, 3.63) is 0 Å². The van der Waals surface area contributed by atoms with Crippen molar-refractivity contribution in [3.63, 3.8) is 0 Å². The Bertz CT molecular complexity index is 991. The highest BCUT2D eigenvalue weighted by molar-refractivity contribution is 5.71. The molecule has 380 valence electrons. The van der Waals surface area contributed by atoms with Crippen molar-refractivity contribution in [1.29, 1.82) is 0 Å². The first-order chi connectivity index (χ1) is 31.1. The Labute approximate surface area is 399 Å². The number of esters is 3. The predicted octanol–water partition coefficient (Wildman–Crippen LogP) is 18.7. The molecule has 0 fully saturated rings. The zero-order valence-corrected chi connectivity index (χ0v) is 44.1. The van der Waals surface area contributed by atoms with E-state index < -0.39 is 6.10 Å². The second-order valence-electron chi connectivity index (χ2n) is 21.4. The van der Waals surface area contributed by atoms with Crippen molar-refractivity contribution in [2.75, 3.05) is 13.2 Å². The third kappa shape index (κ3) is 51.4. The molecule has 0 aliphatic heterocycles. The monoisotopic (exact) mass is 905 g/mol. The van der Waals surface area contributed by atoms with Crippen molar-refractivity contribution >= 4 is 17.9 Å². The van der Waals surface area contributed by atoms with Crippen molar-refractivity contribution in [1.82, 2.24) is 0 Å². The summed E-state index contributed by atoms with van der Waals surface area (Å²) >= 11 is 0. The van der Waals surface area contributed by atoms with E-state index in [-0.39, 0.29) is 31.1 Å². The maximum atomic E-state index is 12.8. The van der Waals surface area contributed by atoms with Crippen molar-refractivity contribution < 1.29 is 28.6 Å². The highest BCUT2D eigenvalue weighted by atomic mass is 16.6. The standard InChI is InChI=1S/C58H112O6/c1-52(2)44-38-32-26-20-14-10-8-7-9-11-17-25-31-37-43-49-58(61)64-55(51-63-57(60)48-42-36-30-24-19-18-22-28-34-40-46-54(5)6)50-62-56(59)47-41-35-29-23-16-13-12-15-21-27-33-39-45-53(3)4/h52-55H,7-51H2,1-6H3/t55-/m1/s1. The van der Waals surface area contributed by atoms with Gasteiger partial charge in [0.1, 0.15) is 13.2 Å². The summed E-state index contributed by atoms with van der Waals surface area (Å²) in [6.07, 6.45) is 50.9. The third-order valence-electron chi connectivity index (χ3n) is 13.1. The van der Waals surface area contributed by atoms with Crippen LogP contribution in [0.2, 0.25) is 0 Å². The summed E-state index contributed by atoms with van der Waals surface area (Å²) in [7, 11) is 0. The van der Waals surface area contributed by atoms with Crippen LogP contribution in [-0.2, 0) is 28.6 Å². The molecule has 6 nitrogen and oxygen atoms in total. The molecule has 6 heteroatoms. The van der Waals surface area contributed by atoms with Gasteiger partial charge in [-0.05, 0) is 37.0 Å². The van der Waals surface area contributed by atoms with Crippen molar-refractivity contribution in [2.45, 2.75) is 324 Å². The summed E-state index contributed by atoms with van der Waals surface area (Å²) < 4.78 is 16.9. The van der Waals surface area contributed by atoms with Crippen LogP contribution in [0.15, 0.2) is 0 Å². The largest absolute Gasteiger partial charge is 0.462 e. The highest BCUT2D eigenvalue weighted by Gasteiger charge is 2.19. The SMILES string of the molecule is CC(C)CCCCCCCCCCCCCCCCCC(=O)O[C@H](COC(=O)CCCCCCCCCCCCCCC(C)C)COC(=O)CCCCCCCCCCCCC(C)C. The Hall–Kier alpha value is -1.59. The number of rotatable bonds is 51. The molecule has 0 aromatic heterocycles. The average molecular weight is 906 g/mol. The number of hydrogen-bond donors (Lipinski definition) is 0. The van der Waals surface area contributed by atoms with E-state index in [9.17, 15) is 14.4 Å². The molecule has 0 amide bonds. The summed E-state index contributed by atoms with van der Waals surface area (Å²) in [5.74, 6) is 1.66. The van der Waals surface area contributed by atoms with Gasteiger partial charge in [0.25, 0.3) is 0 Å². The van der Waals surface area contributed by atoms with Crippen LogP contribution in [-0.4, -0.2) is 37.2 Å². The lowest BCUT2D eigenvalue weighted by Crippen LogP contribution is -2.30. The average Bonchev–Trinajstić information content (AvgIpc) is 3.25. The first-order valence-corrected chi connectivity index (χ1v) is 28.6. The van der Waals surface area contributed by atoms with Crippen LogP contribution < -0.4 is 0 Å². The normalized spacial score (nSPS) is 12.1. The Morgan fingerprint density at radius 2 is 0.453 bits per heavy atom. The van der Waals surface area contributed by atoms with E-state index in [1.54, 1.807) is 0 Å². The predicted molar refractivity (Wildman–Crippen MR) is 275 cm³/mol. The molecule has 0 saturated carbocycles. The molecular weight excluding hydrogens is 793 g/mol. The number of carbonyl (C=O) groups is 3. The van der Waals surface area contributed by atoms with Gasteiger partial charge in [-0.3, -0.25) is 14.4 Å². The van der Waals surface area contributed by atoms with Crippen LogP contribution >= 0.6 is 0 Å². The Morgan fingerprint density at radius 3 is 0.672 bits per heavy atom. The molecule has 0 radical (unpaired) electrons. The van der Waals surface area contributed by atoms with E-state index in [0.29, 0.717) is 19.3 Å². The van der Waals surface area contributed by atoms with Gasteiger partial charge in [-0.1, -0.05) is 279 Å². The fraction of sp³-hybridized carbons (Fsp3) is 0.948. The van der Waals surface area contributed by atoms with E-state index in [1.807, 2.05) is 0 Å². The smallest absolute Gasteiger partial charge is 0.306 e. The lowest BCUT2D eigenvalue weighted by atomic mass is 10.0. The number of carbonyl (C=O) groups excluding carboxylic acids is 3. The van der Waals surface area contributed by atoms with Gasteiger partial charge in [0.2, 0.25) is 0 Å². The zero-order valence-electron chi connectivity index (χ0n) is 44.1. The quantitative estimate of drug-likeness (QED) is 0.0344. The first-order valence-electron chi connectivity index (χ1n) is 28.6. The van der Waals surface area contributed by atoms with Gasteiger partial charge >= 0.3 is 17.9 Å². The van der Waals surface area contributed by atoms with Gasteiger partial charge in [0.05, 0.1) is 0 Å². The molecule has 0 aliphatic carbocycles. The summed E-state index contributed by atoms with van der Waals surface area (Å²) in [6, 6.07) is 0. The number of ether oxygens (including phenoxy) is 3. The van der Waals surface area contributed by atoms with Gasteiger partial charge < -0.3 is 14.2 Å². The van der Waals surface area contributed by atoms with Crippen LogP contribution in [0.3, 0.4) is 0 Å². The molecule has 0 aliphatic rings. The van der Waals surface area contributed by atoms with E-state index >= 15 is 0 Å². The molecule has 0 aromatic carbocycles. The zero-order chi connectivity index (χ0) is 47.0. The fourth-order valence-electron chi connectivity index (χ4n) is 8.82. The summed E-state index contributed by atoms with van der Waals surface area (Å²) in [4.78, 5) is 38.1. The maximum Gasteiger partial charge on any atom is 0.306 e. The molecule has 0 bridgehead atoms. The molecule has 64 heavy (non-hydrogen) atoms. The minimum atomic E-state index is -0.763. The topological polar surface area (TPSA) is 78.9 Å². The van der Waals surface area contributed by atoms with Gasteiger partial charge in [-0.2, -0.15) is 0 Å². The molecule has 0 saturated heterocycles. The minimum Gasteiger partial charge on any atom is -0.462 e. The van der Waals surface area contributed by atoms with E-state index in [0.717, 1.165) is 75.5 Å². The first kappa shape index (κ1) is 62.4. The van der Waals surface area contributed by atoms with Crippen LogP contribution in [0.1, 0.15) is 318 Å². The van der Waals surface area contributed by atoms with Gasteiger partial charge in [0, 0.05) is 19.3 Å². The van der Waals surface area contributed by atoms with Gasteiger partial charge in [-0.15, -0.1) is 0 Å². The van der Waals surface area contributed by atoms with Crippen LogP contribution in [0.5, 0.6) is 0 Å². The highest BCUT2D eigenvalue weighted by Crippen LogP contribution is 2.18. The lowest BCUT2D eigenvalue weighted by Gasteiger charge is -2.18. The van der Waals surface area contributed by atoms with Crippen LogP contribution in [0.25, 0.3) is 0 Å². The number of unbranched alkanes of at least 4 members (excludes halogenated alkanes) is 34. The number of hydrogen-bond acceptors (Lipinski definition) is 6. The minimum absolute atomic E-state index is 0.0637. The second-order valence-corrected chi connectivity index (χ2v) is 21.4. The molecule has 0 spiro atoms. The van der Waals surface area contributed by atoms with Crippen molar-refractivity contribution in [2.24, 2.45) is 17.8 Å². The Kier molecular flexibility index (Phi) is 48.1. The molecule has 0 rings (SSSR count). The molecule has 0 heterocycles. The van der Waals surface area contributed by atoms with E-state index in [4.69, 9.17) is 14.2 Å². The van der Waals surface area contributed by atoms with Crippen LogP contribution in [0, 0.1) is 17.8 Å². The molecule has 0 N–H and O–H groups in total. The fourth-order valence-corrected chi connectivity index (χ4v) is 8.82. The maximum absolute atomic E-state index is 12.8. The lowest BCUT2D eigenvalue weighted by molar-refractivity contribution is -0.167. The van der Waals surface area contributed by atoms with Gasteiger partial charge in [0.15, 0.2) is 6.10 Å². The second kappa shape index (κ2) is 49.3. The third-order valence-corrected chi connectivity index (χ3v) is 13.1. The van der Waals surface area contributed by atoms with Crippen LogP contribution in [0.4, 0.5) is 0 Å². The van der Waals surface area contributed by atoms with E-state index in [1.165, 1.54) is 199 Å². The Morgan fingerprint density at radius 1 is 0.266 bits per heavy atom. The Balaban J connectivity index is 4.30. The van der Waals surface area contributed by atoms with E-state index in [2.05, 4.69) is 41.5 Å². The van der Waals surface area contributed by atoms with Crippen molar-refractivity contribution in [3.8, 4) is 0 Å². The van der Waals surface area contributed by atoms with Gasteiger partial charge in [-0.25, -0.2) is 0 Å². The molecular formula is C58H112O6. The molecule has 0 unspecified atom stereocenters. The summed E-state index contributed by atoms with van der Waals surface area (Å²) in [5.41, 5.74) is 0.